The summed E-state index contributed by atoms with van der Waals surface area (Å²) >= 11 is 1.34. The summed E-state index contributed by atoms with van der Waals surface area (Å²) in [6, 6.07) is 6.29. The number of H-pyrrole nitrogens is 1. The van der Waals surface area contributed by atoms with E-state index in [1.165, 1.54) is 36.9 Å². The minimum absolute atomic E-state index is 0.113. The number of amides is 1. The molecule has 5 N–H and O–H groups in total. The van der Waals surface area contributed by atoms with Gasteiger partial charge in [-0.1, -0.05) is 43.8 Å². The van der Waals surface area contributed by atoms with Gasteiger partial charge >= 0.3 is 6.18 Å². The van der Waals surface area contributed by atoms with Gasteiger partial charge in [0, 0.05) is 43.0 Å². The maximum atomic E-state index is 13.0. The number of aromatic nitrogens is 5. The van der Waals surface area contributed by atoms with Crippen LogP contribution in [0, 0.1) is 0 Å². The van der Waals surface area contributed by atoms with Gasteiger partial charge < -0.3 is 21.1 Å². The molecule has 1 amide bonds. The van der Waals surface area contributed by atoms with Crippen LogP contribution in [0.5, 0.6) is 5.88 Å². The summed E-state index contributed by atoms with van der Waals surface area (Å²) in [5.74, 6) is 2.11. The molecule has 10 nitrogen and oxygen atoms in total. The van der Waals surface area contributed by atoms with Crippen LogP contribution in [0.2, 0.25) is 0 Å². The Balaban J connectivity index is 0.00000216. The number of thioether (sulfide) groups is 1. The maximum Gasteiger partial charge on any atom is 0.416 e. The smallest absolute Gasteiger partial charge is 0.416 e. The van der Waals surface area contributed by atoms with E-state index in [2.05, 4.69) is 35.8 Å². The Morgan fingerprint density at radius 1 is 1.18 bits per heavy atom. The van der Waals surface area contributed by atoms with E-state index < -0.39 is 11.7 Å². The first kappa shape index (κ1) is 30.2. The van der Waals surface area contributed by atoms with Gasteiger partial charge in [0.15, 0.2) is 11.0 Å². The highest BCUT2D eigenvalue weighted by atomic mass is 32.2. The molecule has 1 aliphatic carbocycles. The molecule has 1 aliphatic rings. The van der Waals surface area contributed by atoms with Crippen molar-refractivity contribution < 1.29 is 22.7 Å². The number of carbonyl (C=O) groups is 1. The van der Waals surface area contributed by atoms with Crippen molar-refractivity contribution in [1.82, 2.24) is 30.5 Å². The second-order valence-electron chi connectivity index (χ2n) is 7.92. The van der Waals surface area contributed by atoms with Crippen molar-refractivity contribution in [3.05, 3.63) is 71.8 Å². The Hall–Kier alpha value is -4.33. The van der Waals surface area contributed by atoms with Crippen LogP contribution >= 0.6 is 11.8 Å². The fourth-order valence-electron chi connectivity index (χ4n) is 3.23. The molecule has 0 fully saturated rings. The van der Waals surface area contributed by atoms with Gasteiger partial charge in [-0.05, 0) is 30.4 Å². The van der Waals surface area contributed by atoms with E-state index in [0.29, 0.717) is 41.0 Å². The number of aromatic amines is 1. The zero-order valence-electron chi connectivity index (χ0n) is 22.0. The van der Waals surface area contributed by atoms with E-state index in [-0.39, 0.29) is 29.2 Å². The number of alkyl halides is 3. The predicted molar refractivity (Wildman–Crippen MR) is 149 cm³/mol. The van der Waals surface area contributed by atoms with Crippen LogP contribution in [0.15, 0.2) is 65.6 Å². The molecule has 0 spiro atoms. The highest BCUT2D eigenvalue weighted by Gasteiger charge is 2.30. The number of hydrogen-bond donors (Lipinski definition) is 4. The summed E-state index contributed by atoms with van der Waals surface area (Å²) in [7, 11) is 0. The van der Waals surface area contributed by atoms with E-state index in [4.69, 9.17) is 10.5 Å². The Bertz CT molecular complexity index is 1400. The lowest BCUT2D eigenvalue weighted by molar-refractivity contribution is -0.137. The molecule has 0 atom stereocenters. The van der Waals surface area contributed by atoms with Crippen molar-refractivity contribution >= 4 is 40.7 Å². The van der Waals surface area contributed by atoms with Gasteiger partial charge in [-0.3, -0.25) is 9.89 Å². The lowest BCUT2D eigenvalue weighted by Crippen LogP contribution is -2.22. The fourth-order valence-corrected chi connectivity index (χ4v) is 3.94. The quantitative estimate of drug-likeness (QED) is 0.148. The van der Waals surface area contributed by atoms with Crippen LogP contribution in [-0.4, -0.2) is 43.4 Å². The molecule has 0 bridgehead atoms. The zero-order chi connectivity index (χ0) is 29.1. The molecule has 0 aliphatic heterocycles. The van der Waals surface area contributed by atoms with Crippen LogP contribution in [-0.2, 0) is 11.0 Å². The Morgan fingerprint density at radius 2 is 1.98 bits per heavy atom. The summed E-state index contributed by atoms with van der Waals surface area (Å²) in [5, 5.41) is 12.7. The molecule has 0 saturated carbocycles. The third kappa shape index (κ3) is 9.15. The minimum atomic E-state index is -4.45. The summed E-state index contributed by atoms with van der Waals surface area (Å²) < 4.78 is 44.8. The van der Waals surface area contributed by atoms with Crippen molar-refractivity contribution in [3.63, 3.8) is 0 Å². The number of rotatable bonds is 9. The first-order chi connectivity index (χ1) is 19.2. The van der Waals surface area contributed by atoms with Crippen LogP contribution in [0.1, 0.15) is 38.6 Å². The highest BCUT2D eigenvalue weighted by molar-refractivity contribution is 7.99. The normalized spacial score (nSPS) is 12.8. The van der Waals surface area contributed by atoms with Gasteiger partial charge in [-0.2, -0.15) is 23.1 Å². The molecule has 212 valence electrons. The number of hydrogen-bond acceptors (Lipinski definition) is 9. The van der Waals surface area contributed by atoms with E-state index in [9.17, 15) is 18.0 Å². The molecule has 2 aromatic heterocycles. The second kappa shape index (κ2) is 14.2. The monoisotopic (exact) mass is 574 g/mol. The van der Waals surface area contributed by atoms with Gasteiger partial charge in [0.05, 0.1) is 5.56 Å². The first-order valence-electron chi connectivity index (χ1n) is 12.3. The maximum absolute atomic E-state index is 13.0. The largest absolute Gasteiger partial charge is 0.443 e. The highest BCUT2D eigenvalue weighted by Crippen LogP contribution is 2.31. The number of nitrogens with two attached hydrogens (primary N) is 1. The number of anilines is 3. The SMILES string of the molecule is CC.CC(=O)NCCSc1nc(N)cc(OC2=CC=C(c3nc(Nc4cccc(C(F)(F)F)c4)n[nH]3)C=CC2)n1. The van der Waals surface area contributed by atoms with Crippen LogP contribution in [0.3, 0.4) is 0 Å². The van der Waals surface area contributed by atoms with Gasteiger partial charge in [0.25, 0.3) is 0 Å². The van der Waals surface area contributed by atoms with Gasteiger partial charge in [-0.15, -0.1) is 5.10 Å². The number of ether oxygens (including phenoxy) is 1. The molecule has 14 heteroatoms. The van der Waals surface area contributed by atoms with Gasteiger partial charge in [0.1, 0.15) is 11.6 Å². The fraction of sp³-hybridized carbons (Fsp3) is 0.269. The average molecular weight is 575 g/mol. The summed E-state index contributed by atoms with van der Waals surface area (Å²) in [5.41, 5.74) is 6.02. The van der Waals surface area contributed by atoms with Crippen LogP contribution in [0.25, 0.3) is 5.57 Å². The Kier molecular flexibility index (Phi) is 10.7. The first-order valence-corrected chi connectivity index (χ1v) is 13.3. The number of allylic oxidation sites excluding steroid dienone is 5. The molecule has 40 heavy (non-hydrogen) atoms. The van der Waals surface area contributed by atoms with E-state index in [1.807, 2.05) is 26.0 Å². The molecule has 2 heterocycles. The van der Waals surface area contributed by atoms with Gasteiger partial charge in [-0.25, -0.2) is 4.98 Å². The third-order valence-corrected chi connectivity index (χ3v) is 5.76. The van der Waals surface area contributed by atoms with Crippen LogP contribution < -0.4 is 21.1 Å². The molecule has 4 rings (SSSR count). The standard InChI is InChI=1S/C24H23F3N8O2S.C2H6/c1-14(36)29-10-11-38-23-31-19(28)13-20(32-23)37-18-7-2-4-15(8-9-18)21-33-22(35-34-21)30-17-6-3-5-16(12-17)24(25,26)27;1-2/h2-6,8-9,12-13H,7,10-11H2,1H3,(H,29,36)(H2,28,31,32)(H2,30,33,34,35);1-2H3. The second-order valence-corrected chi connectivity index (χ2v) is 8.98. The lowest BCUT2D eigenvalue weighted by Gasteiger charge is -2.09. The molecular weight excluding hydrogens is 545 g/mol. The summed E-state index contributed by atoms with van der Waals surface area (Å²) in [6.45, 7) is 5.91. The summed E-state index contributed by atoms with van der Waals surface area (Å²) in [4.78, 5) is 23.8. The zero-order valence-corrected chi connectivity index (χ0v) is 22.9. The van der Waals surface area contributed by atoms with Gasteiger partial charge in [0.2, 0.25) is 17.7 Å². The number of nitrogens with one attached hydrogen (secondary N) is 3. The molecule has 3 aromatic rings. The average Bonchev–Trinajstić information content (AvgIpc) is 3.24. The molecule has 0 radical (unpaired) electrons. The third-order valence-electron chi connectivity index (χ3n) is 4.91. The van der Waals surface area contributed by atoms with Crippen molar-refractivity contribution in [3.8, 4) is 5.88 Å². The molecular formula is C26H29F3N8O2S. The minimum Gasteiger partial charge on any atom is -0.443 e. The summed E-state index contributed by atoms with van der Waals surface area (Å²) in [6.07, 6.45) is 3.20. The Labute approximate surface area is 233 Å². The predicted octanol–water partition coefficient (Wildman–Crippen LogP) is 5.50. The number of carbonyl (C=O) groups excluding carboxylic acids is 1. The van der Waals surface area contributed by atoms with Crippen LogP contribution in [0.4, 0.5) is 30.6 Å². The molecule has 0 unspecified atom stereocenters. The van der Waals surface area contributed by atoms with Crippen molar-refractivity contribution in [2.24, 2.45) is 0 Å². The van der Waals surface area contributed by atoms with Crippen molar-refractivity contribution in [1.29, 1.82) is 0 Å². The van der Waals surface area contributed by atoms with Crippen molar-refractivity contribution in [2.45, 2.75) is 38.5 Å². The van der Waals surface area contributed by atoms with E-state index in [0.717, 1.165) is 12.1 Å². The van der Waals surface area contributed by atoms with E-state index >= 15 is 0 Å². The molecule has 0 saturated heterocycles. The number of benzene rings is 1. The number of halogens is 3. The number of nitrogen functional groups attached to an aromatic ring is 1. The number of nitrogens with zero attached hydrogens (tertiary/aromatic N) is 4. The lowest BCUT2D eigenvalue weighted by atomic mass is 10.2. The van der Waals surface area contributed by atoms with E-state index in [1.54, 1.807) is 12.2 Å². The Morgan fingerprint density at radius 3 is 2.73 bits per heavy atom. The van der Waals surface area contributed by atoms with Crippen molar-refractivity contribution in [2.75, 3.05) is 23.3 Å². The molecule has 1 aromatic carbocycles. The topological polar surface area (TPSA) is 144 Å².